The molecule has 4 aromatic rings. The molecule has 6 rings (SSSR count). The molecule has 186 valence electrons. The van der Waals surface area contributed by atoms with Gasteiger partial charge in [0.2, 0.25) is 0 Å². The van der Waals surface area contributed by atoms with Crippen LogP contribution in [0.5, 0.6) is 5.75 Å². The van der Waals surface area contributed by atoms with E-state index in [4.69, 9.17) is 4.74 Å². The van der Waals surface area contributed by atoms with Crippen LogP contribution in [0.3, 0.4) is 0 Å². The standard InChI is InChI=1S/C32H30N2O3/c1-22(27-13-6-9-23-8-2-3-12-28(23)27)33-19-16-26-21-34(29-14-4-5-15-30(29)37-26)25-11-7-10-24(20-25)32(17-18-32)31(35)36/h2-15,20,26,33H,1,16-19,21H2,(H,35,36). The number of para-hydroxylation sites is 2. The number of carbonyl (C=O) groups is 1. The topological polar surface area (TPSA) is 61.8 Å². The number of carboxylic acids is 1. The van der Waals surface area contributed by atoms with Gasteiger partial charge in [-0.25, -0.2) is 0 Å². The van der Waals surface area contributed by atoms with Crippen molar-refractivity contribution >= 4 is 33.8 Å². The van der Waals surface area contributed by atoms with E-state index < -0.39 is 11.4 Å². The monoisotopic (exact) mass is 490 g/mol. The van der Waals surface area contributed by atoms with Crippen LogP contribution in [-0.4, -0.2) is 30.3 Å². The van der Waals surface area contributed by atoms with Gasteiger partial charge in [-0.15, -0.1) is 0 Å². The fourth-order valence-electron chi connectivity index (χ4n) is 5.38. The molecule has 4 aromatic carbocycles. The van der Waals surface area contributed by atoms with E-state index in [2.05, 4.69) is 65.3 Å². The second-order valence-electron chi connectivity index (χ2n) is 9.98. The van der Waals surface area contributed by atoms with E-state index in [-0.39, 0.29) is 6.10 Å². The zero-order valence-corrected chi connectivity index (χ0v) is 20.7. The van der Waals surface area contributed by atoms with Gasteiger partial charge >= 0.3 is 5.97 Å². The highest BCUT2D eigenvalue weighted by atomic mass is 16.5. The zero-order chi connectivity index (χ0) is 25.4. The van der Waals surface area contributed by atoms with Crippen molar-refractivity contribution in [2.24, 2.45) is 0 Å². The molecule has 0 saturated heterocycles. The van der Waals surface area contributed by atoms with Gasteiger partial charge in [-0.05, 0) is 53.4 Å². The van der Waals surface area contributed by atoms with Gasteiger partial charge in [-0.3, -0.25) is 4.79 Å². The van der Waals surface area contributed by atoms with Gasteiger partial charge in [0.1, 0.15) is 11.9 Å². The van der Waals surface area contributed by atoms with Crippen molar-refractivity contribution < 1.29 is 14.6 Å². The van der Waals surface area contributed by atoms with E-state index in [0.29, 0.717) is 19.4 Å². The molecular weight excluding hydrogens is 460 g/mol. The summed E-state index contributed by atoms with van der Waals surface area (Å²) in [5, 5.41) is 15.7. The Morgan fingerprint density at radius 1 is 1.00 bits per heavy atom. The molecule has 0 bridgehead atoms. The van der Waals surface area contributed by atoms with Gasteiger partial charge in [0.05, 0.1) is 17.6 Å². The first-order valence-corrected chi connectivity index (χ1v) is 12.8. The van der Waals surface area contributed by atoms with E-state index in [1.807, 2.05) is 42.5 Å². The number of fused-ring (bicyclic) bond motifs is 2. The summed E-state index contributed by atoms with van der Waals surface area (Å²) in [4.78, 5) is 14.2. The summed E-state index contributed by atoms with van der Waals surface area (Å²) in [6.07, 6.45) is 2.16. The first kappa shape index (κ1) is 23.2. The molecule has 1 unspecified atom stereocenters. The molecule has 5 nitrogen and oxygen atoms in total. The maximum absolute atomic E-state index is 11.9. The number of benzene rings is 4. The van der Waals surface area contributed by atoms with E-state index in [0.717, 1.165) is 46.9 Å². The Kier molecular flexibility index (Phi) is 5.84. The molecule has 1 heterocycles. The second kappa shape index (κ2) is 9.32. The molecule has 2 aliphatic rings. The predicted octanol–water partition coefficient (Wildman–Crippen LogP) is 6.51. The molecular formula is C32H30N2O3. The fourth-order valence-corrected chi connectivity index (χ4v) is 5.38. The zero-order valence-electron chi connectivity index (χ0n) is 20.7. The van der Waals surface area contributed by atoms with Crippen LogP contribution >= 0.6 is 0 Å². The molecule has 1 aliphatic carbocycles. The summed E-state index contributed by atoms with van der Waals surface area (Å²) >= 11 is 0. The van der Waals surface area contributed by atoms with Crippen molar-refractivity contribution in [3.8, 4) is 5.75 Å². The van der Waals surface area contributed by atoms with Crippen molar-refractivity contribution in [2.45, 2.75) is 30.8 Å². The average Bonchev–Trinajstić information content (AvgIpc) is 3.75. The van der Waals surface area contributed by atoms with E-state index >= 15 is 0 Å². The lowest BCUT2D eigenvalue weighted by Gasteiger charge is -2.37. The molecule has 1 fully saturated rings. The number of carboxylic acid groups (broad SMARTS) is 1. The maximum atomic E-state index is 11.9. The normalized spacial score (nSPS) is 17.5. The molecule has 0 aromatic heterocycles. The molecule has 2 N–H and O–H groups in total. The minimum Gasteiger partial charge on any atom is -0.486 e. The van der Waals surface area contributed by atoms with Crippen LogP contribution in [0.15, 0.2) is 97.6 Å². The average molecular weight is 491 g/mol. The number of nitrogens with zero attached hydrogens (tertiary/aromatic N) is 1. The van der Waals surface area contributed by atoms with Crippen LogP contribution in [0.1, 0.15) is 30.4 Å². The Labute approximate surface area is 217 Å². The van der Waals surface area contributed by atoms with Crippen molar-refractivity contribution in [3.05, 3.63) is 109 Å². The summed E-state index contributed by atoms with van der Waals surface area (Å²) in [5.41, 5.74) is 4.17. The predicted molar refractivity (Wildman–Crippen MR) is 148 cm³/mol. The molecule has 37 heavy (non-hydrogen) atoms. The van der Waals surface area contributed by atoms with E-state index in [9.17, 15) is 9.90 Å². The molecule has 0 radical (unpaired) electrons. The Balaban J connectivity index is 1.19. The summed E-state index contributed by atoms with van der Waals surface area (Å²) < 4.78 is 6.38. The number of aliphatic carboxylic acids is 1. The third-order valence-electron chi connectivity index (χ3n) is 7.63. The number of nitrogens with one attached hydrogen (secondary N) is 1. The van der Waals surface area contributed by atoms with Crippen molar-refractivity contribution in [2.75, 3.05) is 18.0 Å². The van der Waals surface area contributed by atoms with Crippen LogP contribution in [-0.2, 0) is 10.2 Å². The number of hydrogen-bond donors (Lipinski definition) is 2. The van der Waals surface area contributed by atoms with Crippen molar-refractivity contribution in [1.29, 1.82) is 0 Å². The Morgan fingerprint density at radius 3 is 2.59 bits per heavy atom. The molecule has 0 amide bonds. The molecule has 0 spiro atoms. The Morgan fingerprint density at radius 2 is 1.76 bits per heavy atom. The lowest BCUT2D eigenvalue weighted by Crippen LogP contribution is -2.39. The number of anilines is 2. The highest BCUT2D eigenvalue weighted by molar-refractivity contribution is 5.93. The van der Waals surface area contributed by atoms with Crippen LogP contribution < -0.4 is 15.0 Å². The van der Waals surface area contributed by atoms with Gasteiger partial charge in [0.15, 0.2) is 0 Å². The number of rotatable bonds is 8. The lowest BCUT2D eigenvalue weighted by molar-refractivity contribution is -0.140. The largest absolute Gasteiger partial charge is 0.486 e. The van der Waals surface area contributed by atoms with Crippen LogP contribution in [0.4, 0.5) is 11.4 Å². The first-order valence-electron chi connectivity index (χ1n) is 12.8. The molecule has 1 atom stereocenters. The van der Waals surface area contributed by atoms with Crippen LogP contribution in [0.25, 0.3) is 16.5 Å². The van der Waals surface area contributed by atoms with Gasteiger partial charge in [-0.2, -0.15) is 0 Å². The quantitative estimate of drug-likeness (QED) is 0.295. The number of ether oxygens (including phenoxy) is 1. The number of hydrogen-bond acceptors (Lipinski definition) is 4. The van der Waals surface area contributed by atoms with Crippen molar-refractivity contribution in [3.63, 3.8) is 0 Å². The van der Waals surface area contributed by atoms with Gasteiger partial charge < -0.3 is 20.1 Å². The summed E-state index contributed by atoms with van der Waals surface area (Å²) in [6, 6.07) is 30.7. The van der Waals surface area contributed by atoms with Crippen molar-refractivity contribution in [1.82, 2.24) is 5.32 Å². The Hall–Kier alpha value is -4.25. The molecule has 1 saturated carbocycles. The van der Waals surface area contributed by atoms with Crippen LogP contribution in [0.2, 0.25) is 0 Å². The third-order valence-corrected chi connectivity index (χ3v) is 7.63. The van der Waals surface area contributed by atoms with E-state index in [1.54, 1.807) is 0 Å². The summed E-state index contributed by atoms with van der Waals surface area (Å²) in [5.74, 6) is 0.110. The second-order valence-corrected chi connectivity index (χ2v) is 9.98. The SMILES string of the molecule is C=C(NCCC1CN(c2cccc(C3(C(=O)O)CC3)c2)c2ccccc2O1)c1cccc2ccccc12. The summed E-state index contributed by atoms with van der Waals surface area (Å²) in [6.45, 7) is 5.71. The minimum absolute atomic E-state index is 0.0271. The van der Waals surface area contributed by atoms with Gasteiger partial charge in [0, 0.05) is 29.9 Å². The van der Waals surface area contributed by atoms with Gasteiger partial charge in [0.25, 0.3) is 0 Å². The third kappa shape index (κ3) is 4.31. The lowest BCUT2D eigenvalue weighted by atomic mass is 9.95. The highest BCUT2D eigenvalue weighted by Gasteiger charge is 2.51. The fraction of sp³-hybridized carbons (Fsp3) is 0.219. The summed E-state index contributed by atoms with van der Waals surface area (Å²) in [7, 11) is 0. The van der Waals surface area contributed by atoms with Crippen LogP contribution in [0, 0.1) is 0 Å². The molecule has 5 heteroatoms. The maximum Gasteiger partial charge on any atom is 0.314 e. The molecule has 1 aliphatic heterocycles. The Bertz CT molecular complexity index is 1490. The van der Waals surface area contributed by atoms with Gasteiger partial charge in [-0.1, -0.05) is 73.3 Å². The minimum atomic E-state index is -0.734. The highest BCUT2D eigenvalue weighted by Crippen LogP contribution is 2.49. The van der Waals surface area contributed by atoms with E-state index in [1.165, 1.54) is 10.8 Å². The smallest absolute Gasteiger partial charge is 0.314 e. The first-order chi connectivity index (χ1) is 18.0.